The third-order valence-corrected chi connectivity index (χ3v) is 2.27. The molecule has 0 bridgehead atoms. The first kappa shape index (κ1) is 10.9. The van der Waals surface area contributed by atoms with Gasteiger partial charge in [-0.2, -0.15) is 0 Å². The van der Waals surface area contributed by atoms with Crippen molar-refractivity contribution in [3.63, 3.8) is 0 Å². The lowest BCUT2D eigenvalue weighted by molar-refractivity contribution is -0.157. The maximum atomic E-state index is 10.9. The Morgan fingerprint density at radius 1 is 1.50 bits per heavy atom. The van der Waals surface area contributed by atoms with Crippen molar-refractivity contribution in [2.75, 3.05) is 20.6 Å². The number of nitrogens with zero attached hydrogens (tertiary/aromatic N) is 1. The predicted octanol–water partition coefficient (Wildman–Crippen LogP) is 0.106. The zero-order chi connectivity index (χ0) is 10.8. The van der Waals surface area contributed by atoms with Crippen LogP contribution in [0.25, 0.3) is 0 Å². The van der Waals surface area contributed by atoms with E-state index in [4.69, 9.17) is 5.11 Å². The van der Waals surface area contributed by atoms with Crippen molar-refractivity contribution in [2.24, 2.45) is 5.92 Å². The van der Waals surface area contributed by atoms with Gasteiger partial charge in [0.1, 0.15) is 0 Å². The van der Waals surface area contributed by atoms with Crippen molar-refractivity contribution in [3.05, 3.63) is 24.3 Å². The van der Waals surface area contributed by atoms with Crippen LogP contribution in [0.3, 0.4) is 0 Å². The van der Waals surface area contributed by atoms with Gasteiger partial charge in [0.15, 0.2) is 5.60 Å². The summed E-state index contributed by atoms with van der Waals surface area (Å²) in [7, 11) is 3.68. The first-order chi connectivity index (χ1) is 6.47. The minimum absolute atomic E-state index is 0.403. The minimum Gasteiger partial charge on any atom is -0.479 e. The fourth-order valence-corrected chi connectivity index (χ4v) is 1.49. The van der Waals surface area contributed by atoms with Crippen LogP contribution in [-0.4, -0.2) is 47.3 Å². The Bertz CT molecular complexity index is 283. The topological polar surface area (TPSA) is 60.8 Å². The van der Waals surface area contributed by atoms with E-state index in [1.807, 2.05) is 19.0 Å². The van der Waals surface area contributed by atoms with Gasteiger partial charge in [0.05, 0.1) is 0 Å². The summed E-state index contributed by atoms with van der Waals surface area (Å²) in [4.78, 5) is 12.8. The summed E-state index contributed by atoms with van der Waals surface area (Å²) in [6.07, 6.45) is 6.35. The second-order valence-corrected chi connectivity index (χ2v) is 3.74. The molecule has 1 aliphatic carbocycles. The molecule has 0 aliphatic heterocycles. The molecule has 2 atom stereocenters. The predicted molar refractivity (Wildman–Crippen MR) is 52.9 cm³/mol. The maximum absolute atomic E-state index is 10.9. The lowest BCUT2D eigenvalue weighted by Gasteiger charge is -2.31. The van der Waals surface area contributed by atoms with Crippen LogP contribution in [0.1, 0.15) is 0 Å². The molecule has 0 fully saturated rings. The van der Waals surface area contributed by atoms with Crippen LogP contribution in [-0.2, 0) is 4.79 Å². The molecular weight excluding hydrogens is 182 g/mol. The number of aliphatic hydroxyl groups is 1. The largest absolute Gasteiger partial charge is 0.479 e. The lowest BCUT2D eigenvalue weighted by Crippen LogP contribution is -2.47. The normalized spacial score (nSPS) is 31.0. The first-order valence-electron chi connectivity index (χ1n) is 4.43. The third kappa shape index (κ3) is 2.02. The monoisotopic (exact) mass is 197 g/mol. The van der Waals surface area contributed by atoms with E-state index in [0.717, 1.165) is 0 Å². The molecule has 0 saturated carbocycles. The van der Waals surface area contributed by atoms with Gasteiger partial charge in [0.25, 0.3) is 0 Å². The van der Waals surface area contributed by atoms with E-state index < -0.39 is 17.5 Å². The summed E-state index contributed by atoms with van der Waals surface area (Å²) in [6.45, 7) is 0.504. The van der Waals surface area contributed by atoms with Crippen molar-refractivity contribution in [1.82, 2.24) is 4.90 Å². The van der Waals surface area contributed by atoms with E-state index in [0.29, 0.717) is 6.54 Å². The standard InChI is InChI=1S/C10H15NO3/c1-11(2)7-8-5-3-4-6-10(8,14)9(12)13/h3-6,8,14H,7H2,1-2H3,(H,12,13). The van der Waals surface area contributed by atoms with Crippen LogP contribution in [0.5, 0.6) is 0 Å². The Kier molecular flexibility index (Phi) is 3.08. The molecule has 2 unspecified atom stereocenters. The molecule has 1 rings (SSSR count). The molecule has 0 aromatic heterocycles. The van der Waals surface area contributed by atoms with Crippen LogP contribution >= 0.6 is 0 Å². The lowest BCUT2D eigenvalue weighted by atomic mass is 9.83. The van der Waals surface area contributed by atoms with Crippen LogP contribution < -0.4 is 0 Å². The Labute approximate surface area is 83.1 Å². The van der Waals surface area contributed by atoms with E-state index in [2.05, 4.69) is 0 Å². The van der Waals surface area contributed by atoms with Crippen LogP contribution in [0.4, 0.5) is 0 Å². The highest BCUT2D eigenvalue weighted by molar-refractivity contribution is 5.81. The van der Waals surface area contributed by atoms with Gasteiger partial charge in [-0.1, -0.05) is 18.2 Å². The highest BCUT2D eigenvalue weighted by Crippen LogP contribution is 2.25. The molecule has 4 heteroatoms. The number of hydrogen-bond acceptors (Lipinski definition) is 3. The molecule has 0 radical (unpaired) electrons. The number of aliphatic carboxylic acids is 1. The van der Waals surface area contributed by atoms with Crippen LogP contribution in [0, 0.1) is 5.92 Å². The zero-order valence-electron chi connectivity index (χ0n) is 8.34. The molecule has 0 saturated heterocycles. The van der Waals surface area contributed by atoms with Crippen molar-refractivity contribution >= 4 is 5.97 Å². The maximum Gasteiger partial charge on any atom is 0.340 e. The van der Waals surface area contributed by atoms with Gasteiger partial charge in [-0.15, -0.1) is 0 Å². The first-order valence-corrected chi connectivity index (χ1v) is 4.43. The highest BCUT2D eigenvalue weighted by Gasteiger charge is 2.41. The number of hydrogen-bond donors (Lipinski definition) is 2. The second kappa shape index (κ2) is 3.94. The van der Waals surface area contributed by atoms with Gasteiger partial charge >= 0.3 is 5.97 Å². The summed E-state index contributed by atoms with van der Waals surface area (Å²) in [6, 6.07) is 0. The summed E-state index contributed by atoms with van der Waals surface area (Å²) in [5, 5.41) is 18.8. The summed E-state index contributed by atoms with van der Waals surface area (Å²) in [5.41, 5.74) is -1.76. The number of carboxylic acids is 1. The van der Waals surface area contributed by atoms with Crippen LogP contribution in [0.15, 0.2) is 24.3 Å². The second-order valence-electron chi connectivity index (χ2n) is 3.74. The average Bonchev–Trinajstić information content (AvgIpc) is 2.08. The van der Waals surface area contributed by atoms with E-state index in [1.54, 1.807) is 18.2 Å². The van der Waals surface area contributed by atoms with E-state index >= 15 is 0 Å². The van der Waals surface area contributed by atoms with Crippen molar-refractivity contribution in [1.29, 1.82) is 0 Å². The average molecular weight is 197 g/mol. The molecule has 4 nitrogen and oxygen atoms in total. The fraction of sp³-hybridized carbons (Fsp3) is 0.500. The molecule has 2 N–H and O–H groups in total. The Morgan fingerprint density at radius 2 is 2.14 bits per heavy atom. The molecule has 0 spiro atoms. The van der Waals surface area contributed by atoms with Gasteiger partial charge in [-0.25, -0.2) is 4.79 Å². The quantitative estimate of drug-likeness (QED) is 0.674. The molecule has 0 aromatic carbocycles. The van der Waals surface area contributed by atoms with Crippen molar-refractivity contribution in [3.8, 4) is 0 Å². The highest BCUT2D eigenvalue weighted by atomic mass is 16.4. The summed E-state index contributed by atoms with van der Waals surface area (Å²) in [5.74, 6) is -1.61. The van der Waals surface area contributed by atoms with Gasteiger partial charge in [0.2, 0.25) is 0 Å². The molecule has 14 heavy (non-hydrogen) atoms. The molecule has 78 valence electrons. The van der Waals surface area contributed by atoms with Gasteiger partial charge in [-0.3, -0.25) is 0 Å². The number of rotatable bonds is 3. The Balaban J connectivity index is 2.86. The zero-order valence-corrected chi connectivity index (χ0v) is 8.34. The van der Waals surface area contributed by atoms with Crippen LogP contribution in [0.2, 0.25) is 0 Å². The number of carbonyl (C=O) groups is 1. The SMILES string of the molecule is CN(C)CC1C=CC=CC1(O)C(=O)O. The summed E-state index contributed by atoms with van der Waals surface area (Å²) < 4.78 is 0. The van der Waals surface area contributed by atoms with Gasteiger partial charge in [-0.05, 0) is 20.2 Å². The minimum atomic E-state index is -1.76. The van der Waals surface area contributed by atoms with E-state index in [1.165, 1.54) is 6.08 Å². The summed E-state index contributed by atoms with van der Waals surface area (Å²) >= 11 is 0. The molecule has 1 aliphatic rings. The molecule has 0 heterocycles. The molecular formula is C10H15NO3. The van der Waals surface area contributed by atoms with Crippen molar-refractivity contribution in [2.45, 2.75) is 5.60 Å². The van der Waals surface area contributed by atoms with Crippen molar-refractivity contribution < 1.29 is 15.0 Å². The van der Waals surface area contributed by atoms with Gasteiger partial charge in [0, 0.05) is 12.5 Å². The number of allylic oxidation sites excluding steroid dienone is 2. The third-order valence-electron chi connectivity index (χ3n) is 2.27. The smallest absolute Gasteiger partial charge is 0.340 e. The molecule has 0 amide bonds. The van der Waals surface area contributed by atoms with E-state index in [-0.39, 0.29) is 0 Å². The Morgan fingerprint density at radius 3 is 2.64 bits per heavy atom. The molecule has 0 aromatic rings. The van der Waals surface area contributed by atoms with Gasteiger partial charge < -0.3 is 15.1 Å². The number of carboxylic acid groups (broad SMARTS) is 1. The Hall–Kier alpha value is -1.13. The van der Waals surface area contributed by atoms with E-state index in [9.17, 15) is 9.90 Å². The fourth-order valence-electron chi connectivity index (χ4n) is 1.49.